The summed E-state index contributed by atoms with van der Waals surface area (Å²) in [6.07, 6.45) is 1.64. The molecule has 0 saturated carbocycles. The molecular weight excluding hydrogens is 254 g/mol. The van der Waals surface area contributed by atoms with Gasteiger partial charge in [0.2, 0.25) is 5.29 Å². The number of nitrogens with zero attached hydrogens (tertiary/aromatic N) is 3. The van der Waals surface area contributed by atoms with Crippen molar-refractivity contribution >= 4 is 23.0 Å². The van der Waals surface area contributed by atoms with Gasteiger partial charge < -0.3 is 4.74 Å². The number of halogens is 1. The van der Waals surface area contributed by atoms with Crippen LogP contribution in [0.15, 0.2) is 17.8 Å². The van der Waals surface area contributed by atoms with Crippen molar-refractivity contribution in [2.75, 3.05) is 13.6 Å². The summed E-state index contributed by atoms with van der Waals surface area (Å²) in [5, 5.41) is 3.01. The van der Waals surface area contributed by atoms with Crippen LogP contribution < -0.4 is 0 Å². The molecule has 1 amide bonds. The molecule has 0 aliphatic carbocycles. The largest absolute Gasteiger partial charge is 0.442 e. The number of carbonyl (C=O) groups is 1. The molecule has 0 spiro atoms. The summed E-state index contributed by atoms with van der Waals surface area (Å²) >= 11 is 5.93. The molecule has 0 heterocycles. The Balaban J connectivity index is 4.90. The molecule has 0 aliphatic rings. The van der Waals surface area contributed by atoms with Crippen LogP contribution in [0.3, 0.4) is 0 Å². The molecule has 0 aliphatic heterocycles. The summed E-state index contributed by atoms with van der Waals surface area (Å²) in [5.74, 6) is 0. The molecule has 0 aromatic carbocycles. The first-order chi connectivity index (χ1) is 8.22. The minimum Gasteiger partial charge on any atom is -0.442 e. The molecule has 104 valence electrons. The molecule has 18 heavy (non-hydrogen) atoms. The van der Waals surface area contributed by atoms with Crippen molar-refractivity contribution in [2.45, 2.75) is 39.7 Å². The smallest absolute Gasteiger partial charge is 0.429 e. The van der Waals surface area contributed by atoms with E-state index in [1.165, 1.54) is 16.2 Å². The maximum absolute atomic E-state index is 12.0. The second kappa shape index (κ2) is 7.26. The van der Waals surface area contributed by atoms with Crippen LogP contribution in [-0.4, -0.2) is 40.6 Å². The molecule has 5 nitrogen and oxygen atoms in total. The first kappa shape index (κ1) is 16.8. The Morgan fingerprint density at radius 3 is 2.44 bits per heavy atom. The van der Waals surface area contributed by atoms with Gasteiger partial charge in [-0.2, -0.15) is 0 Å². The third kappa shape index (κ3) is 5.91. The minimum absolute atomic E-state index is 0.157. The fourth-order valence-corrected chi connectivity index (χ4v) is 1.31. The van der Waals surface area contributed by atoms with Crippen molar-refractivity contribution in [2.24, 2.45) is 4.99 Å². The molecular formula is C12H22ClN3O2. The molecule has 0 rings (SSSR count). The van der Waals surface area contributed by atoms with Gasteiger partial charge in [0.1, 0.15) is 5.60 Å². The molecule has 6 heteroatoms. The Kier molecular flexibility index (Phi) is 6.76. The van der Waals surface area contributed by atoms with Gasteiger partial charge in [0.15, 0.2) is 0 Å². The van der Waals surface area contributed by atoms with E-state index in [0.29, 0.717) is 6.54 Å². The molecule has 0 N–H and O–H groups in total. The first-order valence-electron chi connectivity index (χ1n) is 5.81. The van der Waals surface area contributed by atoms with Gasteiger partial charge in [-0.3, -0.25) is 5.01 Å². The number of ether oxygens (including phenoxy) is 1. The maximum atomic E-state index is 12.0. The maximum Gasteiger partial charge on any atom is 0.429 e. The van der Waals surface area contributed by atoms with Crippen LogP contribution in [0.25, 0.3) is 0 Å². The van der Waals surface area contributed by atoms with Crippen molar-refractivity contribution < 1.29 is 9.53 Å². The summed E-state index contributed by atoms with van der Waals surface area (Å²) in [6, 6.07) is 0. The first-order valence-corrected chi connectivity index (χ1v) is 6.19. The molecule has 0 aromatic rings. The van der Waals surface area contributed by atoms with Crippen LogP contribution in [0.2, 0.25) is 0 Å². The van der Waals surface area contributed by atoms with Crippen LogP contribution in [0, 0.1) is 0 Å². The Morgan fingerprint density at radius 2 is 2.06 bits per heavy atom. The van der Waals surface area contributed by atoms with E-state index >= 15 is 0 Å². The van der Waals surface area contributed by atoms with Crippen LogP contribution in [0.1, 0.15) is 34.1 Å². The average molecular weight is 276 g/mol. The molecule has 0 unspecified atom stereocenters. The number of carbonyl (C=O) groups excluding carboxylic acids is 1. The van der Waals surface area contributed by atoms with Gasteiger partial charge in [0, 0.05) is 19.8 Å². The Hall–Kier alpha value is -1.23. The third-order valence-corrected chi connectivity index (χ3v) is 2.21. The summed E-state index contributed by atoms with van der Waals surface area (Å²) in [5.41, 5.74) is -0.550. The van der Waals surface area contributed by atoms with E-state index in [0.717, 1.165) is 6.42 Å². The second-order valence-corrected chi connectivity index (χ2v) is 5.05. The highest BCUT2D eigenvalue weighted by atomic mass is 35.5. The predicted octanol–water partition coefficient (Wildman–Crippen LogP) is 3.22. The molecule has 0 bridgehead atoms. The lowest BCUT2D eigenvalue weighted by atomic mass is 10.2. The third-order valence-electron chi connectivity index (χ3n) is 1.87. The average Bonchev–Trinajstić information content (AvgIpc) is 2.22. The van der Waals surface area contributed by atoms with Crippen LogP contribution in [0.5, 0.6) is 0 Å². The predicted molar refractivity (Wildman–Crippen MR) is 74.5 cm³/mol. The zero-order valence-electron chi connectivity index (χ0n) is 11.7. The van der Waals surface area contributed by atoms with Gasteiger partial charge in [0.25, 0.3) is 0 Å². The van der Waals surface area contributed by atoms with Crippen molar-refractivity contribution in [3.63, 3.8) is 0 Å². The number of hydrazine groups is 1. The van der Waals surface area contributed by atoms with Crippen molar-refractivity contribution in [3.05, 3.63) is 12.8 Å². The summed E-state index contributed by atoms with van der Waals surface area (Å²) < 4.78 is 5.31. The van der Waals surface area contributed by atoms with Gasteiger partial charge in [-0.1, -0.05) is 13.5 Å². The van der Waals surface area contributed by atoms with Gasteiger partial charge in [-0.15, -0.1) is 0 Å². The van der Waals surface area contributed by atoms with Crippen LogP contribution >= 0.6 is 11.6 Å². The Labute approximate surface area is 114 Å². The quantitative estimate of drug-likeness (QED) is 0.344. The zero-order chi connectivity index (χ0) is 14.3. The van der Waals surface area contributed by atoms with Gasteiger partial charge in [-0.25, -0.2) is 14.8 Å². The standard InChI is InChI=1S/C12H22ClN3O2/c1-7-9-16(11(17)18-12(3,4)5)15(6)10(13)14-8-2/h8H,2,7,9H2,1,3-6H3. The number of hydrogen-bond acceptors (Lipinski definition) is 3. The highest BCUT2D eigenvalue weighted by molar-refractivity contribution is 6.64. The Bertz CT molecular complexity index is 324. The van der Waals surface area contributed by atoms with Crippen molar-refractivity contribution in [1.29, 1.82) is 0 Å². The number of amides is 1. The highest BCUT2D eigenvalue weighted by Gasteiger charge is 2.25. The van der Waals surface area contributed by atoms with Crippen LogP contribution in [0.4, 0.5) is 4.79 Å². The summed E-state index contributed by atoms with van der Waals surface area (Å²) in [7, 11) is 1.65. The molecule has 0 saturated heterocycles. The van der Waals surface area contributed by atoms with Crippen molar-refractivity contribution in [3.8, 4) is 0 Å². The van der Waals surface area contributed by atoms with E-state index < -0.39 is 11.7 Å². The lowest BCUT2D eigenvalue weighted by Gasteiger charge is -2.33. The Morgan fingerprint density at radius 1 is 1.50 bits per heavy atom. The van der Waals surface area contributed by atoms with E-state index in [4.69, 9.17) is 16.3 Å². The lowest BCUT2D eigenvalue weighted by molar-refractivity contribution is -0.0122. The second-order valence-electron chi connectivity index (χ2n) is 4.71. The van der Waals surface area contributed by atoms with E-state index in [9.17, 15) is 4.79 Å². The normalized spacial score (nSPS) is 12.0. The lowest BCUT2D eigenvalue weighted by Crippen LogP contribution is -2.48. The van der Waals surface area contributed by atoms with E-state index in [-0.39, 0.29) is 5.29 Å². The summed E-state index contributed by atoms with van der Waals surface area (Å²) in [6.45, 7) is 11.4. The van der Waals surface area contributed by atoms with Gasteiger partial charge in [-0.05, 0) is 38.8 Å². The molecule has 0 aromatic heterocycles. The van der Waals surface area contributed by atoms with E-state index in [1.807, 2.05) is 27.7 Å². The molecule has 0 atom stereocenters. The topological polar surface area (TPSA) is 45.1 Å². The SMILES string of the molecule is C=CN=C(Cl)N(C)N(CCC)C(=O)OC(C)(C)C. The van der Waals surface area contributed by atoms with Crippen LogP contribution in [-0.2, 0) is 4.74 Å². The van der Waals surface area contributed by atoms with Gasteiger partial charge in [0.05, 0.1) is 0 Å². The number of aliphatic imine (C=N–C) groups is 1. The number of rotatable bonds is 3. The fraction of sp³-hybridized carbons (Fsp3) is 0.667. The highest BCUT2D eigenvalue weighted by Crippen LogP contribution is 2.12. The fourth-order valence-electron chi connectivity index (χ4n) is 1.15. The summed E-state index contributed by atoms with van der Waals surface area (Å²) in [4.78, 5) is 15.9. The zero-order valence-corrected chi connectivity index (χ0v) is 12.5. The monoisotopic (exact) mass is 275 g/mol. The van der Waals surface area contributed by atoms with Crippen molar-refractivity contribution in [1.82, 2.24) is 10.0 Å². The van der Waals surface area contributed by atoms with Gasteiger partial charge >= 0.3 is 6.09 Å². The molecule has 0 fully saturated rings. The minimum atomic E-state index is -0.550. The number of amidine groups is 1. The van der Waals surface area contributed by atoms with E-state index in [1.54, 1.807) is 7.05 Å². The molecule has 0 radical (unpaired) electrons. The van der Waals surface area contributed by atoms with E-state index in [2.05, 4.69) is 11.6 Å². The number of hydrogen-bond donors (Lipinski definition) is 0.